The topological polar surface area (TPSA) is 97.5 Å². The monoisotopic (exact) mass is 390 g/mol. The van der Waals surface area contributed by atoms with Gasteiger partial charge in [0, 0.05) is 30.8 Å². The van der Waals surface area contributed by atoms with E-state index in [0.717, 1.165) is 24.3 Å². The van der Waals surface area contributed by atoms with Crippen LogP contribution in [0.1, 0.15) is 21.6 Å². The quantitative estimate of drug-likeness (QED) is 0.778. The Balaban J connectivity index is 0.00000261. The molecule has 8 heteroatoms. The van der Waals surface area contributed by atoms with Crippen LogP contribution in [0.15, 0.2) is 42.6 Å². The molecule has 0 aliphatic carbocycles. The molecule has 1 fully saturated rings. The number of ether oxygens (including phenoxy) is 1. The third-order valence-corrected chi connectivity index (χ3v) is 4.18. The molecule has 1 aliphatic rings. The van der Waals surface area contributed by atoms with Crippen molar-refractivity contribution < 1.29 is 14.3 Å². The number of benzene rings is 1. The number of anilines is 1. The summed E-state index contributed by atoms with van der Waals surface area (Å²) in [6, 6.07) is 10.9. The van der Waals surface area contributed by atoms with Gasteiger partial charge in [0.1, 0.15) is 0 Å². The van der Waals surface area contributed by atoms with Crippen LogP contribution in [0, 0.1) is 0 Å². The van der Waals surface area contributed by atoms with Gasteiger partial charge in [-0.15, -0.1) is 12.4 Å². The highest BCUT2D eigenvalue weighted by Gasteiger charge is 2.14. The lowest BCUT2D eigenvalue weighted by atomic mass is 10.1. The van der Waals surface area contributed by atoms with Crippen molar-refractivity contribution in [2.24, 2.45) is 5.73 Å². The molecule has 3 rings (SSSR count). The number of nitrogens with one attached hydrogen (secondary N) is 1. The Bertz CT molecular complexity index is 777. The molecular weight excluding hydrogens is 368 g/mol. The first-order chi connectivity index (χ1) is 12.6. The zero-order chi connectivity index (χ0) is 18.4. The van der Waals surface area contributed by atoms with E-state index < -0.39 is 5.91 Å². The van der Waals surface area contributed by atoms with Gasteiger partial charge in [0.15, 0.2) is 0 Å². The SMILES string of the molecule is Cl.NC(=O)c1cccc(Cc2ccc(NC(=O)CN3CCOCC3)cn2)c1. The lowest BCUT2D eigenvalue weighted by molar-refractivity contribution is -0.118. The van der Waals surface area contributed by atoms with Crippen molar-refractivity contribution in [1.82, 2.24) is 9.88 Å². The van der Waals surface area contributed by atoms with E-state index in [0.29, 0.717) is 37.4 Å². The van der Waals surface area contributed by atoms with Crippen molar-refractivity contribution in [2.45, 2.75) is 6.42 Å². The highest BCUT2D eigenvalue weighted by Crippen LogP contribution is 2.12. The molecule has 27 heavy (non-hydrogen) atoms. The zero-order valence-electron chi connectivity index (χ0n) is 14.9. The summed E-state index contributed by atoms with van der Waals surface area (Å²) in [6.45, 7) is 3.23. The molecule has 0 spiro atoms. The van der Waals surface area contributed by atoms with E-state index in [1.165, 1.54) is 0 Å². The van der Waals surface area contributed by atoms with E-state index in [1.807, 2.05) is 18.2 Å². The van der Waals surface area contributed by atoms with Crippen molar-refractivity contribution in [3.05, 3.63) is 59.4 Å². The lowest BCUT2D eigenvalue weighted by Crippen LogP contribution is -2.41. The Labute approximate surface area is 164 Å². The summed E-state index contributed by atoms with van der Waals surface area (Å²) in [5, 5.41) is 2.86. The molecule has 0 atom stereocenters. The number of morpholine rings is 1. The van der Waals surface area contributed by atoms with Crippen molar-refractivity contribution >= 4 is 29.9 Å². The molecule has 1 aliphatic heterocycles. The molecule has 2 aromatic rings. The number of nitrogens with zero attached hydrogens (tertiary/aromatic N) is 2. The smallest absolute Gasteiger partial charge is 0.248 e. The Kier molecular flexibility index (Phi) is 7.72. The van der Waals surface area contributed by atoms with E-state index in [9.17, 15) is 9.59 Å². The van der Waals surface area contributed by atoms with Crippen LogP contribution < -0.4 is 11.1 Å². The number of amides is 2. The highest BCUT2D eigenvalue weighted by molar-refractivity contribution is 5.93. The Morgan fingerprint density at radius 1 is 1.19 bits per heavy atom. The summed E-state index contributed by atoms with van der Waals surface area (Å²) in [6.07, 6.45) is 2.23. The van der Waals surface area contributed by atoms with E-state index in [2.05, 4.69) is 15.2 Å². The molecule has 1 aromatic heterocycles. The van der Waals surface area contributed by atoms with Gasteiger partial charge < -0.3 is 15.8 Å². The number of carbonyl (C=O) groups excluding carboxylic acids is 2. The summed E-state index contributed by atoms with van der Waals surface area (Å²) >= 11 is 0. The maximum Gasteiger partial charge on any atom is 0.248 e. The number of carbonyl (C=O) groups is 2. The van der Waals surface area contributed by atoms with Crippen LogP contribution in [-0.4, -0.2) is 54.5 Å². The summed E-state index contributed by atoms with van der Waals surface area (Å²) in [5.41, 5.74) is 8.25. The number of halogens is 1. The number of primary amides is 1. The van der Waals surface area contributed by atoms with E-state index in [-0.39, 0.29) is 18.3 Å². The Hall–Kier alpha value is -2.48. The number of nitrogens with two attached hydrogens (primary N) is 1. The van der Waals surface area contributed by atoms with E-state index in [4.69, 9.17) is 10.5 Å². The molecule has 2 amide bonds. The zero-order valence-corrected chi connectivity index (χ0v) is 15.7. The summed E-state index contributed by atoms with van der Waals surface area (Å²) in [5.74, 6) is -0.506. The second-order valence-electron chi connectivity index (χ2n) is 6.22. The normalized spacial score (nSPS) is 14.2. The highest BCUT2D eigenvalue weighted by atomic mass is 35.5. The second-order valence-corrected chi connectivity index (χ2v) is 6.22. The van der Waals surface area contributed by atoms with Crippen molar-refractivity contribution in [2.75, 3.05) is 38.2 Å². The fourth-order valence-corrected chi connectivity index (χ4v) is 2.81. The van der Waals surface area contributed by atoms with Crippen LogP contribution in [0.25, 0.3) is 0 Å². The van der Waals surface area contributed by atoms with Crippen molar-refractivity contribution in [1.29, 1.82) is 0 Å². The average Bonchev–Trinajstić information content (AvgIpc) is 2.64. The van der Waals surface area contributed by atoms with E-state index in [1.54, 1.807) is 24.4 Å². The van der Waals surface area contributed by atoms with Gasteiger partial charge >= 0.3 is 0 Å². The van der Waals surface area contributed by atoms with Crippen LogP contribution in [0.4, 0.5) is 5.69 Å². The predicted octanol–water partition coefficient (Wildman–Crippen LogP) is 1.46. The minimum absolute atomic E-state index is 0. The number of pyridine rings is 1. The van der Waals surface area contributed by atoms with Crippen LogP contribution in [0.5, 0.6) is 0 Å². The van der Waals surface area contributed by atoms with Crippen LogP contribution >= 0.6 is 12.4 Å². The van der Waals surface area contributed by atoms with Crippen LogP contribution in [-0.2, 0) is 16.0 Å². The van der Waals surface area contributed by atoms with Gasteiger partial charge in [0.2, 0.25) is 11.8 Å². The fraction of sp³-hybridized carbons (Fsp3) is 0.316. The molecule has 3 N–H and O–H groups in total. The Morgan fingerprint density at radius 3 is 2.63 bits per heavy atom. The molecule has 0 unspecified atom stereocenters. The average molecular weight is 391 g/mol. The van der Waals surface area contributed by atoms with Crippen LogP contribution in [0.3, 0.4) is 0 Å². The first-order valence-corrected chi connectivity index (χ1v) is 8.54. The molecule has 7 nitrogen and oxygen atoms in total. The summed E-state index contributed by atoms with van der Waals surface area (Å²) in [4.78, 5) is 29.8. The maximum absolute atomic E-state index is 12.1. The molecule has 0 bridgehead atoms. The maximum atomic E-state index is 12.1. The lowest BCUT2D eigenvalue weighted by Gasteiger charge is -2.25. The number of hydrogen-bond donors (Lipinski definition) is 2. The third-order valence-electron chi connectivity index (χ3n) is 4.18. The van der Waals surface area contributed by atoms with Gasteiger partial charge in [-0.3, -0.25) is 19.5 Å². The molecule has 0 radical (unpaired) electrons. The minimum Gasteiger partial charge on any atom is -0.379 e. The summed E-state index contributed by atoms with van der Waals surface area (Å²) in [7, 11) is 0. The molecule has 2 heterocycles. The molecule has 1 saturated heterocycles. The van der Waals surface area contributed by atoms with Gasteiger partial charge in [-0.1, -0.05) is 12.1 Å². The van der Waals surface area contributed by atoms with E-state index >= 15 is 0 Å². The van der Waals surface area contributed by atoms with Crippen molar-refractivity contribution in [3.63, 3.8) is 0 Å². The van der Waals surface area contributed by atoms with Gasteiger partial charge in [-0.25, -0.2) is 0 Å². The standard InChI is InChI=1S/C19H22N4O3.ClH/c20-19(25)15-3-1-2-14(10-15)11-16-4-5-17(12-21-16)22-18(24)13-23-6-8-26-9-7-23;/h1-5,10,12H,6-9,11,13H2,(H2,20,25)(H,22,24);1H. The van der Waals surface area contributed by atoms with Crippen molar-refractivity contribution in [3.8, 4) is 0 Å². The first kappa shape index (κ1) is 20.8. The van der Waals surface area contributed by atoms with Gasteiger partial charge in [-0.05, 0) is 29.8 Å². The Morgan fingerprint density at radius 2 is 1.96 bits per heavy atom. The minimum atomic E-state index is -0.446. The first-order valence-electron chi connectivity index (χ1n) is 8.54. The second kappa shape index (κ2) is 10.0. The molecule has 144 valence electrons. The fourth-order valence-electron chi connectivity index (χ4n) is 2.81. The third kappa shape index (κ3) is 6.32. The number of hydrogen-bond acceptors (Lipinski definition) is 5. The molecular formula is C19H23ClN4O3. The van der Waals surface area contributed by atoms with Crippen LogP contribution in [0.2, 0.25) is 0 Å². The van der Waals surface area contributed by atoms with Gasteiger partial charge in [-0.2, -0.15) is 0 Å². The largest absolute Gasteiger partial charge is 0.379 e. The number of aromatic nitrogens is 1. The number of rotatable bonds is 6. The summed E-state index contributed by atoms with van der Waals surface area (Å²) < 4.78 is 5.27. The van der Waals surface area contributed by atoms with Gasteiger partial charge in [0.25, 0.3) is 0 Å². The predicted molar refractivity (Wildman–Crippen MR) is 105 cm³/mol. The molecule has 1 aromatic carbocycles. The van der Waals surface area contributed by atoms with Gasteiger partial charge in [0.05, 0.1) is 31.6 Å². The molecule has 0 saturated carbocycles.